The van der Waals surface area contributed by atoms with Crippen LogP contribution >= 0.6 is 23.2 Å². The van der Waals surface area contributed by atoms with E-state index in [1.165, 1.54) is 65.0 Å². The summed E-state index contributed by atoms with van der Waals surface area (Å²) in [6.45, 7) is 3.34. The molecule has 2 atom stereocenters. The summed E-state index contributed by atoms with van der Waals surface area (Å²) in [4.78, 5) is 52.0. The number of aliphatic hydroxyl groups excluding tert-OH is 1. The molecule has 0 bridgehead atoms. The van der Waals surface area contributed by atoms with Crippen LogP contribution in [0, 0.1) is 23.3 Å². The van der Waals surface area contributed by atoms with E-state index in [0.29, 0.717) is 49.9 Å². The Labute approximate surface area is 464 Å². The fourth-order valence-electron chi connectivity index (χ4n) is 9.02. The molecule has 0 saturated carbocycles. The largest absolute Gasteiger partial charge is 0.494 e. The van der Waals surface area contributed by atoms with Gasteiger partial charge in [-0.25, -0.2) is 43.4 Å². The second-order valence-corrected chi connectivity index (χ2v) is 18.5. The van der Waals surface area contributed by atoms with Crippen LogP contribution in [-0.2, 0) is 0 Å². The Balaban J connectivity index is 0.000000151. The minimum atomic E-state index is -1.17. The zero-order valence-corrected chi connectivity index (χ0v) is 44.3. The number of hydrogen-bond donors (Lipinski definition) is 4. The van der Waals surface area contributed by atoms with Gasteiger partial charge in [-0.2, -0.15) is 19.0 Å². The minimum Gasteiger partial charge on any atom is -0.494 e. The van der Waals surface area contributed by atoms with Crippen LogP contribution in [0.1, 0.15) is 37.6 Å². The molecule has 0 spiro atoms. The number of aromatic amines is 1. The average molecular weight is 1140 g/mol. The Morgan fingerprint density at radius 3 is 1.62 bits per heavy atom. The van der Waals surface area contributed by atoms with Crippen LogP contribution < -0.4 is 32.1 Å². The van der Waals surface area contributed by atoms with E-state index in [4.69, 9.17) is 49.1 Å². The fourth-order valence-corrected chi connectivity index (χ4v) is 9.52. The van der Waals surface area contributed by atoms with Gasteiger partial charge in [0.1, 0.15) is 53.8 Å². The number of ether oxygens (including phenoxy) is 2. The number of fused-ring (bicyclic) bond motifs is 4. The number of benzene rings is 6. The first-order chi connectivity index (χ1) is 39.0. The molecule has 81 heavy (non-hydrogen) atoms. The van der Waals surface area contributed by atoms with E-state index in [1.54, 1.807) is 86.6 Å². The number of rotatable bonds is 9. The van der Waals surface area contributed by atoms with Crippen molar-refractivity contribution in [2.24, 2.45) is 0 Å². The molecule has 0 unspecified atom stereocenters. The number of anilines is 2. The van der Waals surface area contributed by atoms with E-state index >= 15 is 4.39 Å². The van der Waals surface area contributed by atoms with Crippen LogP contribution in [0.4, 0.5) is 29.2 Å². The van der Waals surface area contributed by atoms with Crippen molar-refractivity contribution in [1.29, 1.82) is 0 Å². The van der Waals surface area contributed by atoms with E-state index in [0.717, 1.165) is 0 Å². The van der Waals surface area contributed by atoms with Gasteiger partial charge in [0.15, 0.2) is 34.4 Å². The van der Waals surface area contributed by atoms with Crippen LogP contribution in [0.15, 0.2) is 144 Å². The van der Waals surface area contributed by atoms with Gasteiger partial charge in [0.2, 0.25) is 11.6 Å². The Morgan fingerprint density at radius 2 is 1.07 bits per heavy atom. The smallest absolute Gasteiger partial charge is 0.267 e. The van der Waals surface area contributed by atoms with E-state index < -0.39 is 35.4 Å². The highest BCUT2D eigenvalue weighted by Crippen LogP contribution is 2.38. The van der Waals surface area contributed by atoms with Crippen LogP contribution in [0.3, 0.4) is 0 Å². The molecule has 19 nitrogen and oxygen atoms in total. The fraction of sp³-hybridized carbons (Fsp3) is 0.107. The van der Waals surface area contributed by atoms with Gasteiger partial charge in [0.25, 0.3) is 11.1 Å². The highest BCUT2D eigenvalue weighted by atomic mass is 35.5. The number of nitrogen functional groups attached to an aromatic ring is 2. The van der Waals surface area contributed by atoms with Crippen LogP contribution in [0.2, 0.25) is 10.0 Å². The van der Waals surface area contributed by atoms with Gasteiger partial charge in [-0.15, -0.1) is 0 Å². The first-order valence-electron chi connectivity index (χ1n) is 24.2. The lowest BCUT2D eigenvalue weighted by Crippen LogP contribution is -2.27. The number of para-hydroxylation sites is 2. The third kappa shape index (κ3) is 9.93. The molecule has 0 radical (unpaired) electrons. The SMILES string of the molecule is COc1ccc(-c2[nH]nc3ncnc(N)c23)c(F)c1F.COc1ccc(-c2nn([C@@H](C)c3nc4cccc(Cl)c4c(=O)n3-c3ccccc3)c3ncnc(N)c23)c(F)c1F.C[C@@H](O)c1nc2cccc(Cl)c2c(=O)n1-c1ccccc1. The highest BCUT2D eigenvalue weighted by molar-refractivity contribution is 6.35. The Hall–Kier alpha value is -9.84. The predicted octanol–water partition coefficient (Wildman–Crippen LogP) is 10.3. The lowest BCUT2D eigenvalue weighted by atomic mass is 10.1. The molecule has 6 aromatic carbocycles. The number of hydrogen-bond acceptors (Lipinski definition) is 15. The number of nitrogens with one attached hydrogen (secondary N) is 1. The normalized spacial score (nSPS) is 12.0. The van der Waals surface area contributed by atoms with Crippen molar-refractivity contribution >= 4 is 78.7 Å². The van der Waals surface area contributed by atoms with Crippen molar-refractivity contribution < 1.29 is 32.1 Å². The second-order valence-electron chi connectivity index (χ2n) is 17.7. The summed E-state index contributed by atoms with van der Waals surface area (Å²) in [5.41, 5.74) is 13.9. The maximum atomic E-state index is 15.2. The lowest BCUT2D eigenvalue weighted by Gasteiger charge is -2.19. The van der Waals surface area contributed by atoms with Crippen molar-refractivity contribution in [3.63, 3.8) is 0 Å². The van der Waals surface area contributed by atoms with Crippen LogP contribution in [0.5, 0.6) is 11.5 Å². The number of methoxy groups -OCH3 is 2. The van der Waals surface area contributed by atoms with Crippen molar-refractivity contribution in [3.05, 3.63) is 200 Å². The van der Waals surface area contributed by atoms with E-state index in [9.17, 15) is 27.9 Å². The van der Waals surface area contributed by atoms with Gasteiger partial charge in [0.05, 0.1) is 73.9 Å². The topological polar surface area (TPSA) is 259 Å². The van der Waals surface area contributed by atoms with Crippen molar-refractivity contribution in [2.75, 3.05) is 25.7 Å². The van der Waals surface area contributed by atoms with Gasteiger partial charge in [-0.1, -0.05) is 71.7 Å². The first-order valence-corrected chi connectivity index (χ1v) is 25.0. The summed E-state index contributed by atoms with van der Waals surface area (Å²) in [6, 6.07) is 32.7. The molecule has 408 valence electrons. The summed E-state index contributed by atoms with van der Waals surface area (Å²) >= 11 is 12.5. The number of aliphatic hydroxyl groups is 1. The Morgan fingerprint density at radius 1 is 0.580 bits per heavy atom. The summed E-state index contributed by atoms with van der Waals surface area (Å²) in [5, 5.41) is 22.9. The van der Waals surface area contributed by atoms with Gasteiger partial charge in [-0.3, -0.25) is 23.8 Å². The van der Waals surface area contributed by atoms with Crippen LogP contribution in [0.25, 0.3) is 77.8 Å². The van der Waals surface area contributed by atoms with E-state index in [1.807, 2.05) is 24.3 Å². The van der Waals surface area contributed by atoms with Crippen molar-refractivity contribution in [1.82, 2.24) is 59.0 Å². The van der Waals surface area contributed by atoms with Gasteiger partial charge >= 0.3 is 0 Å². The van der Waals surface area contributed by atoms with Gasteiger partial charge in [-0.05, 0) is 86.6 Å². The molecule has 12 rings (SSSR count). The number of nitrogens with two attached hydrogens (primary N) is 2. The molecule has 6 heterocycles. The van der Waals surface area contributed by atoms with Crippen molar-refractivity contribution in [2.45, 2.75) is 26.0 Å². The number of nitrogens with zero attached hydrogens (tertiary/aromatic N) is 11. The number of aromatic nitrogens is 12. The lowest BCUT2D eigenvalue weighted by molar-refractivity contribution is 0.186. The summed E-state index contributed by atoms with van der Waals surface area (Å²) in [5.74, 6) is -4.16. The molecule has 12 aromatic rings. The predicted molar refractivity (Wildman–Crippen MR) is 299 cm³/mol. The number of H-pyrrole nitrogens is 1. The summed E-state index contributed by atoms with van der Waals surface area (Å²) in [6.07, 6.45) is 1.61. The Kier molecular flexibility index (Phi) is 15.1. The second kappa shape index (κ2) is 22.5. The molecule has 0 aliphatic heterocycles. The molecule has 6 aromatic heterocycles. The minimum absolute atomic E-state index is 0.0210. The first kappa shape index (κ1) is 54.5. The third-order valence-corrected chi connectivity index (χ3v) is 13.5. The maximum absolute atomic E-state index is 15.2. The molecule has 0 aliphatic rings. The molecule has 25 heteroatoms. The Bertz CT molecular complexity index is 4510. The molecule has 0 fully saturated rings. The van der Waals surface area contributed by atoms with E-state index in [2.05, 4.69) is 40.2 Å². The standard InChI is InChI=1S/C28H20ClF2N7O2.C16H13ClN2O2.C12H9F2N5O/c1-14(26-35-18-10-6-9-17(29)20(18)28(39)37(26)15-7-4-3-5-8-15)38-27-21(25(32)33-13-34-27)24(36-38)16-11-12-19(40-2)23(31)22(16)30;1-10(20)15-18-13-9-5-8-12(17)14(13)16(21)19(15)11-6-3-2-4-7-11;1-20-6-3-2-5(8(13)9(6)14)10-7-11(15)16-4-17-12(7)19-18-10/h3-14H,1-2H3,(H2,32,33,34);2-10,20H,1H3;2-4H,1H3,(H3,15,16,17,18,19)/t14-;10-;/m01./s1. The summed E-state index contributed by atoms with van der Waals surface area (Å²) in [7, 11) is 2.50. The molecule has 6 N–H and O–H groups in total. The van der Waals surface area contributed by atoms with Crippen molar-refractivity contribution in [3.8, 4) is 45.4 Å². The molecule has 0 aliphatic carbocycles. The number of halogens is 6. The van der Waals surface area contributed by atoms with Gasteiger partial charge < -0.3 is 26.0 Å². The van der Waals surface area contributed by atoms with E-state index in [-0.39, 0.29) is 83.9 Å². The average Bonchev–Trinajstić information content (AvgIpc) is 4.11. The maximum Gasteiger partial charge on any atom is 0.267 e. The third-order valence-electron chi connectivity index (χ3n) is 12.8. The zero-order valence-electron chi connectivity index (χ0n) is 42.8. The zero-order chi connectivity index (χ0) is 57.4. The molecule has 0 saturated heterocycles. The molecular weight excluding hydrogens is 1100 g/mol. The molecule has 0 amide bonds. The monoisotopic (exact) mass is 1140 g/mol. The summed E-state index contributed by atoms with van der Waals surface area (Å²) < 4.78 is 71.7. The highest BCUT2D eigenvalue weighted by Gasteiger charge is 2.29. The quantitative estimate of drug-likeness (QED) is 0.0980. The van der Waals surface area contributed by atoms with Gasteiger partial charge in [0, 0.05) is 11.1 Å². The van der Waals surface area contributed by atoms with Crippen LogP contribution in [-0.4, -0.2) is 78.3 Å². The molecular formula is C56H42Cl2F4N14O5.